The summed E-state index contributed by atoms with van der Waals surface area (Å²) in [5.74, 6) is 0.196. The predicted molar refractivity (Wildman–Crippen MR) is 63.0 cm³/mol. The van der Waals surface area contributed by atoms with Gasteiger partial charge in [0.2, 0.25) is 0 Å². The van der Waals surface area contributed by atoms with Crippen LogP contribution in [0.2, 0.25) is 0 Å². The number of aliphatic hydroxyl groups is 1. The lowest BCUT2D eigenvalue weighted by atomic mass is 9.93. The van der Waals surface area contributed by atoms with E-state index >= 15 is 0 Å². The Hall–Kier alpha value is -1.66. The summed E-state index contributed by atoms with van der Waals surface area (Å²) in [5, 5.41) is 20.1. The number of benzene rings is 1. The number of nitro benzene ring substituents is 1. The third-order valence-corrected chi connectivity index (χ3v) is 2.44. The summed E-state index contributed by atoms with van der Waals surface area (Å²) in [6.07, 6.45) is 0.205. The molecule has 0 aliphatic heterocycles. The van der Waals surface area contributed by atoms with Crippen LogP contribution in [0.5, 0.6) is 5.75 Å². The van der Waals surface area contributed by atoms with Gasteiger partial charge in [0.25, 0.3) is 0 Å². The molecule has 0 heterocycles. The van der Waals surface area contributed by atoms with Gasteiger partial charge in [0.05, 0.1) is 18.6 Å². The number of nitro groups is 1. The lowest BCUT2D eigenvalue weighted by molar-refractivity contribution is -0.386. The molecule has 0 aliphatic rings. The van der Waals surface area contributed by atoms with Crippen molar-refractivity contribution in [3.63, 3.8) is 0 Å². The fourth-order valence-electron chi connectivity index (χ4n) is 1.57. The molecule has 17 heavy (non-hydrogen) atoms. The zero-order valence-corrected chi connectivity index (χ0v) is 9.84. The molecular formula is C11H16N2O4. The van der Waals surface area contributed by atoms with Gasteiger partial charge in [-0.2, -0.15) is 0 Å². The fourth-order valence-corrected chi connectivity index (χ4v) is 1.57. The van der Waals surface area contributed by atoms with Gasteiger partial charge in [-0.3, -0.25) is 10.1 Å². The van der Waals surface area contributed by atoms with Gasteiger partial charge in [-0.25, -0.2) is 0 Å². The Kier molecular flexibility index (Phi) is 4.03. The Morgan fingerprint density at radius 1 is 1.59 bits per heavy atom. The molecule has 1 aromatic carbocycles. The van der Waals surface area contributed by atoms with Gasteiger partial charge < -0.3 is 15.6 Å². The number of para-hydroxylation sites is 1. The molecule has 0 spiro atoms. The molecule has 0 amide bonds. The van der Waals surface area contributed by atoms with E-state index in [1.54, 1.807) is 19.1 Å². The SMILES string of the molecule is COc1cccc(CC(C)(N)CO)c1[N+](=O)[O-]. The van der Waals surface area contributed by atoms with Crippen molar-refractivity contribution in [1.29, 1.82) is 0 Å². The summed E-state index contributed by atoms with van der Waals surface area (Å²) in [5.41, 5.74) is 5.26. The van der Waals surface area contributed by atoms with E-state index in [1.165, 1.54) is 13.2 Å². The standard InChI is InChI=1S/C11H16N2O4/c1-11(12,7-14)6-8-4-3-5-9(17-2)10(8)13(15)16/h3-5,14H,6-7,12H2,1-2H3. The zero-order valence-electron chi connectivity index (χ0n) is 9.84. The summed E-state index contributed by atoms with van der Waals surface area (Å²) in [4.78, 5) is 10.5. The maximum absolute atomic E-state index is 11.0. The topological polar surface area (TPSA) is 98.6 Å². The van der Waals surface area contributed by atoms with Crippen molar-refractivity contribution in [3.8, 4) is 5.75 Å². The number of hydrogen-bond acceptors (Lipinski definition) is 5. The first kappa shape index (κ1) is 13.4. The van der Waals surface area contributed by atoms with E-state index in [0.717, 1.165) is 0 Å². The molecule has 0 saturated carbocycles. The van der Waals surface area contributed by atoms with E-state index in [4.69, 9.17) is 15.6 Å². The van der Waals surface area contributed by atoms with Crippen LogP contribution < -0.4 is 10.5 Å². The van der Waals surface area contributed by atoms with Crippen molar-refractivity contribution in [1.82, 2.24) is 0 Å². The second kappa shape index (κ2) is 5.11. The number of nitrogens with two attached hydrogens (primary N) is 1. The van der Waals surface area contributed by atoms with Crippen molar-refractivity contribution >= 4 is 5.69 Å². The van der Waals surface area contributed by atoms with Crippen molar-refractivity contribution in [2.45, 2.75) is 18.9 Å². The van der Waals surface area contributed by atoms with Crippen LogP contribution in [0.4, 0.5) is 5.69 Å². The molecule has 0 radical (unpaired) electrons. The van der Waals surface area contributed by atoms with Gasteiger partial charge in [0, 0.05) is 11.1 Å². The van der Waals surface area contributed by atoms with Crippen molar-refractivity contribution in [2.24, 2.45) is 5.73 Å². The molecule has 0 aliphatic carbocycles. The number of hydrogen-bond donors (Lipinski definition) is 2. The monoisotopic (exact) mass is 240 g/mol. The summed E-state index contributed by atoms with van der Waals surface area (Å²) >= 11 is 0. The molecule has 6 nitrogen and oxygen atoms in total. The van der Waals surface area contributed by atoms with Gasteiger partial charge in [0.1, 0.15) is 0 Å². The van der Waals surface area contributed by atoms with Crippen molar-refractivity contribution in [2.75, 3.05) is 13.7 Å². The number of aliphatic hydroxyl groups excluding tert-OH is 1. The highest BCUT2D eigenvalue weighted by atomic mass is 16.6. The fraction of sp³-hybridized carbons (Fsp3) is 0.455. The Balaban J connectivity index is 3.19. The molecule has 1 rings (SSSR count). The molecule has 3 N–H and O–H groups in total. The van der Waals surface area contributed by atoms with Crippen molar-refractivity contribution < 1.29 is 14.8 Å². The van der Waals surface area contributed by atoms with Crippen LogP contribution >= 0.6 is 0 Å². The average Bonchev–Trinajstić information content (AvgIpc) is 2.27. The molecule has 0 fully saturated rings. The van der Waals surface area contributed by atoms with Crippen LogP contribution in [-0.2, 0) is 6.42 Å². The molecule has 0 saturated heterocycles. The summed E-state index contributed by atoms with van der Waals surface area (Å²) in [6, 6.07) is 4.80. The van der Waals surface area contributed by atoms with E-state index in [1.807, 2.05) is 0 Å². The first-order chi connectivity index (χ1) is 7.91. The molecule has 1 atom stereocenters. The molecule has 94 valence electrons. The minimum Gasteiger partial charge on any atom is -0.490 e. The van der Waals surface area contributed by atoms with E-state index < -0.39 is 10.5 Å². The second-order valence-corrected chi connectivity index (χ2v) is 4.21. The highest BCUT2D eigenvalue weighted by Gasteiger charge is 2.26. The quantitative estimate of drug-likeness (QED) is 0.587. The maximum atomic E-state index is 11.0. The lowest BCUT2D eigenvalue weighted by Gasteiger charge is -2.21. The average molecular weight is 240 g/mol. The molecule has 1 aromatic rings. The van der Waals surface area contributed by atoms with Crippen molar-refractivity contribution in [3.05, 3.63) is 33.9 Å². The highest BCUT2D eigenvalue weighted by molar-refractivity contribution is 5.53. The van der Waals surface area contributed by atoms with Gasteiger partial charge >= 0.3 is 5.69 Å². The largest absolute Gasteiger partial charge is 0.490 e. The van der Waals surface area contributed by atoms with E-state index in [2.05, 4.69) is 0 Å². The molecule has 0 bridgehead atoms. The number of rotatable bonds is 5. The van der Waals surface area contributed by atoms with Crippen LogP contribution in [0.3, 0.4) is 0 Å². The third kappa shape index (κ3) is 3.15. The minimum atomic E-state index is -0.892. The molecule has 1 unspecified atom stereocenters. The molecule has 6 heteroatoms. The van der Waals surface area contributed by atoms with E-state index in [0.29, 0.717) is 5.56 Å². The van der Waals surface area contributed by atoms with Crippen LogP contribution in [-0.4, -0.2) is 29.3 Å². The first-order valence-corrected chi connectivity index (χ1v) is 5.11. The summed E-state index contributed by atoms with van der Waals surface area (Å²) in [7, 11) is 1.37. The third-order valence-electron chi connectivity index (χ3n) is 2.44. The van der Waals surface area contributed by atoms with Crippen LogP contribution in [0.25, 0.3) is 0 Å². The normalized spacial score (nSPS) is 14.1. The lowest BCUT2D eigenvalue weighted by Crippen LogP contribution is -2.42. The van der Waals surface area contributed by atoms with E-state index in [9.17, 15) is 10.1 Å². The number of methoxy groups -OCH3 is 1. The number of ether oxygens (including phenoxy) is 1. The van der Waals surface area contributed by atoms with Crippen LogP contribution in [0.1, 0.15) is 12.5 Å². The second-order valence-electron chi connectivity index (χ2n) is 4.21. The smallest absolute Gasteiger partial charge is 0.314 e. The predicted octanol–water partition coefficient (Wildman–Crippen LogP) is 0.856. The van der Waals surface area contributed by atoms with Gasteiger partial charge in [-0.15, -0.1) is 0 Å². The van der Waals surface area contributed by atoms with Gasteiger partial charge in [0.15, 0.2) is 5.75 Å². The molecule has 0 aromatic heterocycles. The first-order valence-electron chi connectivity index (χ1n) is 5.11. The van der Waals surface area contributed by atoms with Gasteiger partial charge in [-0.1, -0.05) is 12.1 Å². The molecular weight excluding hydrogens is 224 g/mol. The van der Waals surface area contributed by atoms with Crippen LogP contribution in [0.15, 0.2) is 18.2 Å². The Morgan fingerprint density at radius 3 is 2.71 bits per heavy atom. The summed E-state index contributed by atoms with van der Waals surface area (Å²) in [6.45, 7) is 1.39. The number of nitrogens with zero attached hydrogens (tertiary/aromatic N) is 1. The van der Waals surface area contributed by atoms with Gasteiger partial charge in [-0.05, 0) is 19.4 Å². The zero-order chi connectivity index (χ0) is 13.1. The Labute approximate surface area is 99.2 Å². The highest BCUT2D eigenvalue weighted by Crippen LogP contribution is 2.32. The minimum absolute atomic E-state index is 0.0971. The Bertz CT molecular complexity index is 418. The van der Waals surface area contributed by atoms with Crippen LogP contribution in [0, 0.1) is 10.1 Å². The van der Waals surface area contributed by atoms with E-state index in [-0.39, 0.29) is 24.5 Å². The maximum Gasteiger partial charge on any atom is 0.314 e. The Morgan fingerprint density at radius 2 is 2.24 bits per heavy atom. The summed E-state index contributed by atoms with van der Waals surface area (Å²) < 4.78 is 4.95.